The Morgan fingerprint density at radius 2 is 1.50 bits per heavy atom. The molecule has 78 valence electrons. The van der Waals surface area contributed by atoms with E-state index < -0.39 is 0 Å². The maximum absolute atomic E-state index is 12.7. The molecule has 0 aliphatic carbocycles. The first kappa shape index (κ1) is 11.0. The highest BCUT2D eigenvalue weighted by Gasteiger charge is 2.03. The third kappa shape index (κ3) is 3.02. The minimum atomic E-state index is -0.165. The van der Waals surface area contributed by atoms with Gasteiger partial charge in [0.15, 0.2) is 0 Å². The first-order chi connectivity index (χ1) is 6.77. The molecule has 14 heavy (non-hydrogen) atoms. The maximum atomic E-state index is 12.7. The fourth-order valence-corrected chi connectivity index (χ4v) is 1.56. The Hall–Kier alpha value is -1.05. The molecular weight excluding hydrogens is 177 g/mol. The zero-order chi connectivity index (χ0) is 10.4. The molecule has 0 atom stereocenters. The Balaban J connectivity index is 2.71. The van der Waals surface area contributed by atoms with E-state index in [0.717, 1.165) is 31.6 Å². The van der Waals surface area contributed by atoms with Crippen molar-refractivity contribution in [3.63, 3.8) is 0 Å². The number of hydrogen-bond acceptors (Lipinski definition) is 1. The Bertz CT molecular complexity index is 250. The molecule has 0 N–H and O–H groups in total. The molecule has 0 saturated heterocycles. The molecule has 0 aliphatic heterocycles. The fourth-order valence-electron chi connectivity index (χ4n) is 1.56. The predicted molar refractivity (Wildman–Crippen MR) is 59.2 cm³/mol. The number of rotatable bonds is 5. The van der Waals surface area contributed by atoms with Crippen molar-refractivity contribution >= 4 is 5.69 Å². The lowest BCUT2D eigenvalue weighted by Gasteiger charge is -2.23. The molecule has 0 unspecified atom stereocenters. The highest BCUT2D eigenvalue weighted by Crippen LogP contribution is 2.15. The fraction of sp³-hybridized carbons (Fsp3) is 0.500. The maximum Gasteiger partial charge on any atom is 0.123 e. The monoisotopic (exact) mass is 195 g/mol. The summed E-state index contributed by atoms with van der Waals surface area (Å²) in [4.78, 5) is 2.29. The van der Waals surface area contributed by atoms with Crippen LogP contribution in [0.3, 0.4) is 0 Å². The molecule has 0 spiro atoms. The van der Waals surface area contributed by atoms with E-state index in [2.05, 4.69) is 18.7 Å². The molecule has 1 nitrogen and oxygen atoms in total. The largest absolute Gasteiger partial charge is 0.372 e. The minimum absolute atomic E-state index is 0.165. The molecule has 2 heteroatoms. The van der Waals surface area contributed by atoms with E-state index in [-0.39, 0.29) is 5.82 Å². The van der Waals surface area contributed by atoms with Crippen molar-refractivity contribution in [2.24, 2.45) is 0 Å². The van der Waals surface area contributed by atoms with Crippen LogP contribution in [0.15, 0.2) is 24.3 Å². The first-order valence-electron chi connectivity index (χ1n) is 5.28. The summed E-state index contributed by atoms with van der Waals surface area (Å²) in [5, 5.41) is 0. The number of nitrogens with zero attached hydrogens (tertiary/aromatic N) is 1. The second-order valence-corrected chi connectivity index (χ2v) is 3.46. The van der Waals surface area contributed by atoms with E-state index in [0.29, 0.717) is 0 Å². The van der Waals surface area contributed by atoms with Gasteiger partial charge < -0.3 is 4.90 Å². The van der Waals surface area contributed by atoms with Crippen LogP contribution in [-0.4, -0.2) is 13.1 Å². The highest BCUT2D eigenvalue weighted by molar-refractivity contribution is 5.46. The molecule has 0 aromatic heterocycles. The van der Waals surface area contributed by atoms with Crippen molar-refractivity contribution in [3.05, 3.63) is 30.1 Å². The number of halogens is 1. The lowest BCUT2D eigenvalue weighted by Crippen LogP contribution is -2.24. The van der Waals surface area contributed by atoms with Gasteiger partial charge in [-0.25, -0.2) is 4.39 Å². The zero-order valence-electron chi connectivity index (χ0n) is 8.96. The normalized spacial score (nSPS) is 10.2. The van der Waals surface area contributed by atoms with Crippen molar-refractivity contribution in [1.82, 2.24) is 0 Å². The van der Waals surface area contributed by atoms with Gasteiger partial charge in [0.1, 0.15) is 5.82 Å². The van der Waals surface area contributed by atoms with Crippen molar-refractivity contribution in [2.75, 3.05) is 18.0 Å². The van der Waals surface area contributed by atoms with Gasteiger partial charge in [0, 0.05) is 18.8 Å². The van der Waals surface area contributed by atoms with Crippen LogP contribution in [0.4, 0.5) is 10.1 Å². The number of anilines is 1. The molecule has 0 saturated carbocycles. The van der Waals surface area contributed by atoms with E-state index >= 15 is 0 Å². The SMILES string of the molecule is CCCN(CCC)c1ccc(F)cc1. The van der Waals surface area contributed by atoms with Gasteiger partial charge in [-0.3, -0.25) is 0 Å². The van der Waals surface area contributed by atoms with Crippen LogP contribution in [0.2, 0.25) is 0 Å². The van der Waals surface area contributed by atoms with E-state index in [1.54, 1.807) is 0 Å². The van der Waals surface area contributed by atoms with Gasteiger partial charge in [-0.05, 0) is 37.1 Å². The third-order valence-corrected chi connectivity index (χ3v) is 2.18. The van der Waals surface area contributed by atoms with Crippen molar-refractivity contribution in [1.29, 1.82) is 0 Å². The second kappa shape index (κ2) is 5.63. The van der Waals surface area contributed by atoms with E-state index in [1.165, 1.54) is 12.1 Å². The summed E-state index contributed by atoms with van der Waals surface area (Å²) in [5.41, 5.74) is 1.12. The predicted octanol–water partition coefficient (Wildman–Crippen LogP) is 3.45. The Morgan fingerprint density at radius 3 is 1.93 bits per heavy atom. The van der Waals surface area contributed by atoms with Gasteiger partial charge in [-0.15, -0.1) is 0 Å². The smallest absolute Gasteiger partial charge is 0.123 e. The molecule has 0 heterocycles. The average molecular weight is 195 g/mol. The molecule has 0 bridgehead atoms. The minimum Gasteiger partial charge on any atom is -0.372 e. The van der Waals surface area contributed by atoms with Gasteiger partial charge in [0.25, 0.3) is 0 Å². The molecule has 1 aromatic rings. The lowest BCUT2D eigenvalue weighted by atomic mass is 10.2. The summed E-state index contributed by atoms with van der Waals surface area (Å²) in [5.74, 6) is -0.165. The Morgan fingerprint density at radius 1 is 1.00 bits per heavy atom. The molecule has 0 amide bonds. The van der Waals surface area contributed by atoms with Gasteiger partial charge in [-0.1, -0.05) is 13.8 Å². The van der Waals surface area contributed by atoms with E-state index in [1.807, 2.05) is 12.1 Å². The topological polar surface area (TPSA) is 3.24 Å². The molecule has 1 aromatic carbocycles. The molecule has 0 aliphatic rings. The summed E-state index contributed by atoms with van der Waals surface area (Å²) in [6, 6.07) is 6.74. The van der Waals surface area contributed by atoms with E-state index in [9.17, 15) is 4.39 Å². The highest BCUT2D eigenvalue weighted by atomic mass is 19.1. The van der Waals surface area contributed by atoms with Crippen LogP contribution < -0.4 is 4.90 Å². The van der Waals surface area contributed by atoms with Crippen LogP contribution in [0.25, 0.3) is 0 Å². The number of benzene rings is 1. The van der Waals surface area contributed by atoms with Crippen LogP contribution in [0, 0.1) is 5.82 Å². The van der Waals surface area contributed by atoms with E-state index in [4.69, 9.17) is 0 Å². The van der Waals surface area contributed by atoms with Crippen molar-refractivity contribution in [3.8, 4) is 0 Å². The van der Waals surface area contributed by atoms with Gasteiger partial charge in [0.05, 0.1) is 0 Å². The van der Waals surface area contributed by atoms with Gasteiger partial charge >= 0.3 is 0 Å². The zero-order valence-corrected chi connectivity index (χ0v) is 8.96. The summed E-state index contributed by atoms with van der Waals surface area (Å²) in [6.45, 7) is 6.40. The van der Waals surface area contributed by atoms with Gasteiger partial charge in [0.2, 0.25) is 0 Å². The summed E-state index contributed by atoms with van der Waals surface area (Å²) in [7, 11) is 0. The van der Waals surface area contributed by atoms with Gasteiger partial charge in [-0.2, -0.15) is 0 Å². The van der Waals surface area contributed by atoms with Crippen LogP contribution >= 0.6 is 0 Å². The standard InChI is InChI=1S/C12H18FN/c1-3-9-14(10-4-2)12-7-5-11(13)6-8-12/h5-8H,3-4,9-10H2,1-2H3. The Kier molecular flexibility index (Phi) is 4.44. The molecule has 1 rings (SSSR count). The Labute approximate surface area is 85.5 Å². The molecule has 0 fully saturated rings. The van der Waals surface area contributed by atoms with Crippen LogP contribution in [0.5, 0.6) is 0 Å². The number of hydrogen-bond donors (Lipinski definition) is 0. The first-order valence-corrected chi connectivity index (χ1v) is 5.28. The quantitative estimate of drug-likeness (QED) is 0.695. The molecule has 0 radical (unpaired) electrons. The third-order valence-electron chi connectivity index (χ3n) is 2.18. The summed E-state index contributed by atoms with van der Waals surface area (Å²) < 4.78 is 12.7. The lowest BCUT2D eigenvalue weighted by molar-refractivity contribution is 0.627. The van der Waals surface area contributed by atoms with Crippen LogP contribution in [0.1, 0.15) is 26.7 Å². The molecular formula is C12H18FN. The summed E-state index contributed by atoms with van der Waals surface area (Å²) >= 11 is 0. The average Bonchev–Trinajstić information content (AvgIpc) is 2.19. The van der Waals surface area contributed by atoms with Crippen LogP contribution in [-0.2, 0) is 0 Å². The van der Waals surface area contributed by atoms with Crippen molar-refractivity contribution in [2.45, 2.75) is 26.7 Å². The van der Waals surface area contributed by atoms with Crippen molar-refractivity contribution < 1.29 is 4.39 Å². The second-order valence-electron chi connectivity index (χ2n) is 3.46. The summed E-state index contributed by atoms with van der Waals surface area (Å²) in [6.07, 6.45) is 2.24.